The van der Waals surface area contributed by atoms with Gasteiger partial charge in [0.05, 0.1) is 22.7 Å². The number of nitriles is 1. The second-order valence-electron chi connectivity index (χ2n) is 5.33. The number of aryl methyl sites for hydroxylation is 1. The third kappa shape index (κ3) is 3.11. The van der Waals surface area contributed by atoms with Gasteiger partial charge in [-0.05, 0) is 38.3 Å². The Balaban J connectivity index is 2.57. The molecule has 106 valence electrons. The molecule has 0 spiro atoms. The molecule has 0 radical (unpaired) electrons. The first-order chi connectivity index (χ1) is 9.50. The van der Waals surface area contributed by atoms with E-state index in [9.17, 15) is 0 Å². The van der Waals surface area contributed by atoms with Crippen LogP contribution in [0.15, 0.2) is 18.2 Å². The van der Waals surface area contributed by atoms with Crippen molar-refractivity contribution >= 4 is 34.4 Å². The Morgan fingerprint density at radius 3 is 2.80 bits per heavy atom. The van der Waals surface area contributed by atoms with Crippen LogP contribution in [0.1, 0.15) is 25.2 Å². The van der Waals surface area contributed by atoms with Crippen LogP contribution in [-0.2, 0) is 13.0 Å². The van der Waals surface area contributed by atoms with Gasteiger partial charge in [-0.1, -0.05) is 0 Å². The molecule has 1 aromatic carbocycles. The van der Waals surface area contributed by atoms with Crippen LogP contribution < -0.4 is 0 Å². The van der Waals surface area contributed by atoms with Gasteiger partial charge in [0.1, 0.15) is 5.82 Å². The van der Waals surface area contributed by atoms with Gasteiger partial charge in [0.2, 0.25) is 0 Å². The van der Waals surface area contributed by atoms with Crippen molar-refractivity contribution in [2.75, 3.05) is 12.1 Å². The van der Waals surface area contributed by atoms with E-state index in [4.69, 9.17) is 16.9 Å². The number of halogens is 1. The second kappa shape index (κ2) is 6.07. The minimum Gasteiger partial charge on any atom is -0.327 e. The zero-order valence-electron chi connectivity index (χ0n) is 12.0. The Labute approximate surface area is 128 Å². The number of hydrogen-bond acceptors (Lipinski definition) is 3. The lowest BCUT2D eigenvalue weighted by Crippen LogP contribution is -2.23. The van der Waals surface area contributed by atoms with E-state index in [0.717, 1.165) is 29.8 Å². The van der Waals surface area contributed by atoms with Gasteiger partial charge in [-0.3, -0.25) is 0 Å². The molecule has 2 aromatic rings. The number of aromatic nitrogens is 2. The Morgan fingerprint density at radius 1 is 1.45 bits per heavy atom. The highest BCUT2D eigenvalue weighted by Gasteiger charge is 2.21. The number of nitrogens with zero attached hydrogens (tertiary/aromatic N) is 3. The maximum atomic E-state index is 9.07. The van der Waals surface area contributed by atoms with Crippen molar-refractivity contribution in [3.8, 4) is 6.07 Å². The summed E-state index contributed by atoms with van der Waals surface area (Å²) in [6.07, 6.45) is 2.85. The summed E-state index contributed by atoms with van der Waals surface area (Å²) in [6, 6.07) is 7.83. The van der Waals surface area contributed by atoms with E-state index in [0.29, 0.717) is 11.4 Å². The molecule has 0 aliphatic carbocycles. The average Bonchev–Trinajstić information content (AvgIpc) is 2.76. The minimum absolute atomic E-state index is 0.108. The van der Waals surface area contributed by atoms with Crippen molar-refractivity contribution in [1.29, 1.82) is 5.26 Å². The third-order valence-electron chi connectivity index (χ3n) is 3.37. The van der Waals surface area contributed by atoms with Gasteiger partial charge in [0.15, 0.2) is 0 Å². The second-order valence-corrected chi connectivity index (χ2v) is 7.22. The Bertz CT molecular complexity index is 655. The molecule has 0 unspecified atom stereocenters. The standard InChI is InChI=1S/C15H18ClN3S/c1-15(2,20-3)10-19-13-8-11(9-17)4-5-12(13)18-14(19)6-7-16/h4-5,8H,6-7,10H2,1-3H3. The number of benzene rings is 1. The highest BCUT2D eigenvalue weighted by Crippen LogP contribution is 2.27. The smallest absolute Gasteiger partial charge is 0.111 e. The molecule has 0 aliphatic heterocycles. The van der Waals surface area contributed by atoms with Crippen LogP contribution in [0.4, 0.5) is 0 Å². The molecule has 0 fully saturated rings. The Kier molecular flexibility index (Phi) is 4.62. The van der Waals surface area contributed by atoms with Crippen molar-refractivity contribution in [3.05, 3.63) is 29.6 Å². The van der Waals surface area contributed by atoms with Crippen LogP contribution >= 0.6 is 23.4 Å². The fourth-order valence-corrected chi connectivity index (χ4v) is 2.57. The summed E-state index contributed by atoms with van der Waals surface area (Å²) in [7, 11) is 0. The molecule has 0 saturated carbocycles. The summed E-state index contributed by atoms with van der Waals surface area (Å²) in [5.74, 6) is 1.54. The molecule has 1 heterocycles. The molecule has 3 nitrogen and oxygen atoms in total. The summed E-state index contributed by atoms with van der Waals surface area (Å²) < 4.78 is 2.31. The van der Waals surface area contributed by atoms with E-state index < -0.39 is 0 Å². The first-order valence-electron chi connectivity index (χ1n) is 6.51. The lowest BCUT2D eigenvalue weighted by molar-refractivity contribution is 0.561. The molecular formula is C15H18ClN3S. The average molecular weight is 308 g/mol. The van der Waals surface area contributed by atoms with Gasteiger partial charge in [-0.25, -0.2) is 4.98 Å². The van der Waals surface area contributed by atoms with Gasteiger partial charge < -0.3 is 4.57 Å². The maximum Gasteiger partial charge on any atom is 0.111 e. The van der Waals surface area contributed by atoms with Crippen molar-refractivity contribution in [2.45, 2.75) is 31.6 Å². The summed E-state index contributed by atoms with van der Waals surface area (Å²) in [6.45, 7) is 5.27. The van der Waals surface area contributed by atoms with Gasteiger partial charge in [0.25, 0.3) is 0 Å². The molecule has 0 bridgehead atoms. The van der Waals surface area contributed by atoms with Crippen LogP contribution in [0.5, 0.6) is 0 Å². The number of rotatable bonds is 5. The molecule has 0 saturated heterocycles. The lowest BCUT2D eigenvalue weighted by Gasteiger charge is -2.24. The molecule has 5 heteroatoms. The maximum absolute atomic E-state index is 9.07. The molecule has 20 heavy (non-hydrogen) atoms. The van der Waals surface area contributed by atoms with E-state index >= 15 is 0 Å². The molecule has 0 atom stereocenters. The zero-order chi connectivity index (χ0) is 14.8. The predicted octanol–water partition coefficient (Wildman–Crippen LogP) is 3.83. The van der Waals surface area contributed by atoms with Crippen LogP contribution in [-0.4, -0.2) is 26.4 Å². The summed E-state index contributed by atoms with van der Waals surface area (Å²) in [4.78, 5) is 4.66. The van der Waals surface area contributed by atoms with Crippen LogP contribution in [0.3, 0.4) is 0 Å². The van der Waals surface area contributed by atoms with Crippen molar-refractivity contribution in [2.24, 2.45) is 0 Å². The zero-order valence-corrected chi connectivity index (χ0v) is 13.6. The lowest BCUT2D eigenvalue weighted by atomic mass is 10.2. The molecule has 1 aromatic heterocycles. The number of hydrogen-bond donors (Lipinski definition) is 0. The highest BCUT2D eigenvalue weighted by atomic mass is 35.5. The third-order valence-corrected chi connectivity index (χ3v) is 4.79. The number of alkyl halides is 1. The normalized spacial score (nSPS) is 11.8. The van der Waals surface area contributed by atoms with E-state index in [2.05, 4.69) is 35.7 Å². The van der Waals surface area contributed by atoms with Crippen molar-refractivity contribution < 1.29 is 0 Å². The fraction of sp³-hybridized carbons (Fsp3) is 0.467. The van der Waals surface area contributed by atoms with Crippen molar-refractivity contribution in [1.82, 2.24) is 9.55 Å². The SMILES string of the molecule is CSC(C)(C)Cn1c(CCCl)nc2ccc(C#N)cc21. The topological polar surface area (TPSA) is 41.6 Å². The molecule has 0 amide bonds. The van der Waals surface area contributed by atoms with E-state index in [1.165, 1.54) is 0 Å². The summed E-state index contributed by atoms with van der Waals surface area (Å²) in [5, 5.41) is 9.07. The first kappa shape index (κ1) is 15.2. The molecule has 2 rings (SSSR count). The summed E-state index contributed by atoms with van der Waals surface area (Å²) in [5.41, 5.74) is 2.62. The molecular weight excluding hydrogens is 290 g/mol. The van der Waals surface area contributed by atoms with Crippen LogP contribution in [0.2, 0.25) is 0 Å². The summed E-state index contributed by atoms with van der Waals surface area (Å²) >= 11 is 7.71. The molecule has 0 N–H and O–H groups in total. The van der Waals surface area contributed by atoms with E-state index in [-0.39, 0.29) is 4.75 Å². The van der Waals surface area contributed by atoms with Gasteiger partial charge >= 0.3 is 0 Å². The Hall–Kier alpha value is -1.18. The predicted molar refractivity (Wildman–Crippen MR) is 86.5 cm³/mol. The monoisotopic (exact) mass is 307 g/mol. The highest BCUT2D eigenvalue weighted by molar-refractivity contribution is 7.99. The number of thioether (sulfide) groups is 1. The Morgan fingerprint density at radius 2 is 2.20 bits per heavy atom. The van der Waals surface area contributed by atoms with Gasteiger partial charge in [0, 0.05) is 23.6 Å². The molecule has 0 aliphatic rings. The minimum atomic E-state index is 0.108. The van der Waals surface area contributed by atoms with E-state index in [1.54, 1.807) is 0 Å². The van der Waals surface area contributed by atoms with Gasteiger partial charge in [-0.2, -0.15) is 17.0 Å². The van der Waals surface area contributed by atoms with Gasteiger partial charge in [-0.15, -0.1) is 11.6 Å². The van der Waals surface area contributed by atoms with Crippen molar-refractivity contribution in [3.63, 3.8) is 0 Å². The van der Waals surface area contributed by atoms with E-state index in [1.807, 2.05) is 30.0 Å². The van der Waals surface area contributed by atoms with Crippen LogP contribution in [0, 0.1) is 11.3 Å². The number of fused-ring (bicyclic) bond motifs is 1. The van der Waals surface area contributed by atoms with Crippen LogP contribution in [0.25, 0.3) is 11.0 Å². The number of imidazole rings is 1. The fourth-order valence-electron chi connectivity index (χ4n) is 2.14. The quantitative estimate of drug-likeness (QED) is 0.788. The largest absolute Gasteiger partial charge is 0.327 e. The first-order valence-corrected chi connectivity index (χ1v) is 8.27.